The summed E-state index contributed by atoms with van der Waals surface area (Å²) in [5.74, 6) is 1.03. The van der Waals surface area contributed by atoms with Crippen LogP contribution in [0.1, 0.15) is 5.82 Å². The SMILES string of the molecule is CN1CCNC(Cc2ncc(-c3cccnc3)[nH]2)C1. The molecule has 2 aromatic heterocycles. The van der Waals surface area contributed by atoms with E-state index in [1.165, 1.54) is 0 Å². The Hall–Kier alpha value is -1.72. The summed E-state index contributed by atoms with van der Waals surface area (Å²) in [6.45, 7) is 3.25. The molecule has 100 valence electrons. The highest BCUT2D eigenvalue weighted by atomic mass is 15.2. The van der Waals surface area contributed by atoms with E-state index in [1.807, 2.05) is 24.5 Å². The fourth-order valence-electron chi connectivity index (χ4n) is 2.50. The van der Waals surface area contributed by atoms with Crippen LogP contribution < -0.4 is 5.32 Å². The van der Waals surface area contributed by atoms with Crippen molar-refractivity contribution in [3.05, 3.63) is 36.5 Å². The lowest BCUT2D eigenvalue weighted by Gasteiger charge is -2.30. The van der Waals surface area contributed by atoms with Gasteiger partial charge in [0.1, 0.15) is 5.82 Å². The van der Waals surface area contributed by atoms with Gasteiger partial charge in [-0.3, -0.25) is 4.98 Å². The van der Waals surface area contributed by atoms with E-state index >= 15 is 0 Å². The molecule has 0 bridgehead atoms. The molecule has 3 rings (SSSR count). The second-order valence-corrected chi connectivity index (χ2v) is 5.10. The number of H-pyrrole nitrogens is 1. The zero-order valence-electron chi connectivity index (χ0n) is 11.1. The third-order valence-electron chi connectivity index (χ3n) is 3.50. The molecule has 1 aliphatic heterocycles. The van der Waals surface area contributed by atoms with E-state index in [4.69, 9.17) is 0 Å². The maximum atomic E-state index is 4.47. The predicted molar refractivity (Wildman–Crippen MR) is 74.8 cm³/mol. The maximum absolute atomic E-state index is 4.47. The summed E-state index contributed by atoms with van der Waals surface area (Å²) in [6, 6.07) is 4.45. The molecule has 0 aliphatic carbocycles. The topological polar surface area (TPSA) is 56.8 Å². The van der Waals surface area contributed by atoms with Crippen LogP contribution in [0.5, 0.6) is 0 Å². The summed E-state index contributed by atoms with van der Waals surface area (Å²) in [5, 5.41) is 3.53. The second-order valence-electron chi connectivity index (χ2n) is 5.10. The Kier molecular flexibility index (Phi) is 3.57. The van der Waals surface area contributed by atoms with E-state index in [0.29, 0.717) is 6.04 Å². The monoisotopic (exact) mass is 257 g/mol. The van der Waals surface area contributed by atoms with Gasteiger partial charge in [-0.1, -0.05) is 0 Å². The normalized spacial score (nSPS) is 20.6. The standard InChI is InChI=1S/C14H19N5/c1-19-6-5-16-12(10-19)7-14-17-9-13(18-14)11-3-2-4-15-8-11/h2-4,8-9,12,16H,5-7,10H2,1H3,(H,17,18). The quantitative estimate of drug-likeness (QED) is 0.858. The van der Waals surface area contributed by atoms with Gasteiger partial charge in [0.15, 0.2) is 0 Å². The Morgan fingerprint density at radius 2 is 2.37 bits per heavy atom. The van der Waals surface area contributed by atoms with Crippen molar-refractivity contribution in [1.29, 1.82) is 0 Å². The highest BCUT2D eigenvalue weighted by Gasteiger charge is 2.17. The molecule has 1 fully saturated rings. The number of piperazine rings is 1. The highest BCUT2D eigenvalue weighted by molar-refractivity contribution is 5.56. The van der Waals surface area contributed by atoms with Crippen LogP contribution in [0.25, 0.3) is 11.3 Å². The van der Waals surface area contributed by atoms with Crippen LogP contribution in [0.15, 0.2) is 30.7 Å². The smallest absolute Gasteiger partial charge is 0.108 e. The van der Waals surface area contributed by atoms with E-state index in [1.54, 1.807) is 6.20 Å². The predicted octanol–water partition coefficient (Wildman–Crippen LogP) is 0.918. The molecule has 0 aromatic carbocycles. The number of nitrogens with one attached hydrogen (secondary N) is 2. The molecular weight excluding hydrogens is 238 g/mol. The molecule has 1 unspecified atom stereocenters. The molecule has 2 aromatic rings. The summed E-state index contributed by atoms with van der Waals surface area (Å²) in [5.41, 5.74) is 2.11. The summed E-state index contributed by atoms with van der Waals surface area (Å²) in [6.07, 6.45) is 6.45. The third kappa shape index (κ3) is 3.00. The lowest BCUT2D eigenvalue weighted by molar-refractivity contribution is 0.236. The van der Waals surface area contributed by atoms with Gasteiger partial charge in [0, 0.05) is 50.1 Å². The van der Waals surface area contributed by atoms with Crippen LogP contribution in [0.4, 0.5) is 0 Å². The third-order valence-corrected chi connectivity index (χ3v) is 3.50. The summed E-state index contributed by atoms with van der Waals surface area (Å²) < 4.78 is 0. The molecule has 5 heteroatoms. The van der Waals surface area contributed by atoms with Crippen molar-refractivity contribution in [1.82, 2.24) is 25.2 Å². The van der Waals surface area contributed by atoms with E-state index < -0.39 is 0 Å². The molecule has 0 amide bonds. The first-order valence-electron chi connectivity index (χ1n) is 6.67. The number of hydrogen-bond acceptors (Lipinski definition) is 4. The number of nitrogens with zero attached hydrogens (tertiary/aromatic N) is 3. The molecule has 3 heterocycles. The minimum absolute atomic E-state index is 0.478. The van der Waals surface area contributed by atoms with E-state index in [2.05, 4.69) is 32.2 Å². The molecule has 0 spiro atoms. The highest BCUT2D eigenvalue weighted by Crippen LogP contribution is 2.15. The van der Waals surface area contributed by atoms with Crippen molar-refractivity contribution in [3.63, 3.8) is 0 Å². The maximum Gasteiger partial charge on any atom is 0.108 e. The average molecular weight is 257 g/mol. The van der Waals surface area contributed by atoms with Gasteiger partial charge in [0.05, 0.1) is 11.9 Å². The fourth-order valence-corrected chi connectivity index (χ4v) is 2.50. The van der Waals surface area contributed by atoms with E-state index in [-0.39, 0.29) is 0 Å². The average Bonchev–Trinajstić information content (AvgIpc) is 2.88. The molecule has 0 saturated carbocycles. The van der Waals surface area contributed by atoms with Gasteiger partial charge in [-0.15, -0.1) is 0 Å². The lowest BCUT2D eigenvalue weighted by Crippen LogP contribution is -2.50. The van der Waals surface area contributed by atoms with Crippen LogP contribution in [0.2, 0.25) is 0 Å². The number of aromatic amines is 1. The van der Waals surface area contributed by atoms with Crippen LogP contribution >= 0.6 is 0 Å². The number of likely N-dealkylation sites (N-methyl/N-ethyl adjacent to an activating group) is 1. The molecule has 1 saturated heterocycles. The van der Waals surface area contributed by atoms with Gasteiger partial charge in [-0.05, 0) is 19.2 Å². The zero-order valence-corrected chi connectivity index (χ0v) is 11.1. The minimum Gasteiger partial charge on any atom is -0.342 e. The molecular formula is C14H19N5. The number of aromatic nitrogens is 3. The van der Waals surface area contributed by atoms with Gasteiger partial charge < -0.3 is 15.2 Å². The second kappa shape index (κ2) is 5.50. The van der Waals surface area contributed by atoms with Crippen LogP contribution in [0.3, 0.4) is 0 Å². The largest absolute Gasteiger partial charge is 0.342 e. The van der Waals surface area contributed by atoms with E-state index in [9.17, 15) is 0 Å². The fraction of sp³-hybridized carbons (Fsp3) is 0.429. The lowest BCUT2D eigenvalue weighted by atomic mass is 10.1. The van der Waals surface area contributed by atoms with Crippen molar-refractivity contribution in [2.45, 2.75) is 12.5 Å². The number of rotatable bonds is 3. The molecule has 5 nitrogen and oxygen atoms in total. The van der Waals surface area contributed by atoms with Gasteiger partial charge in [0.2, 0.25) is 0 Å². The minimum atomic E-state index is 0.478. The van der Waals surface area contributed by atoms with E-state index in [0.717, 1.165) is 43.1 Å². The van der Waals surface area contributed by atoms with Gasteiger partial charge in [0.25, 0.3) is 0 Å². The van der Waals surface area contributed by atoms with Crippen LogP contribution in [-0.4, -0.2) is 52.6 Å². The van der Waals surface area contributed by atoms with Crippen molar-refractivity contribution < 1.29 is 0 Å². The Labute approximate surface area is 113 Å². The summed E-state index contributed by atoms with van der Waals surface area (Å²) in [7, 11) is 2.16. The summed E-state index contributed by atoms with van der Waals surface area (Å²) >= 11 is 0. The summed E-state index contributed by atoms with van der Waals surface area (Å²) in [4.78, 5) is 14.3. The Morgan fingerprint density at radius 1 is 1.42 bits per heavy atom. The van der Waals surface area contributed by atoms with Crippen molar-refractivity contribution >= 4 is 0 Å². The zero-order chi connectivity index (χ0) is 13.1. The first-order valence-corrected chi connectivity index (χ1v) is 6.67. The van der Waals surface area contributed by atoms with Gasteiger partial charge >= 0.3 is 0 Å². The number of imidazole rings is 1. The first kappa shape index (κ1) is 12.3. The van der Waals surface area contributed by atoms with Crippen molar-refractivity contribution in [2.75, 3.05) is 26.7 Å². The number of hydrogen-bond donors (Lipinski definition) is 2. The van der Waals surface area contributed by atoms with Gasteiger partial charge in [-0.2, -0.15) is 0 Å². The van der Waals surface area contributed by atoms with Gasteiger partial charge in [-0.25, -0.2) is 4.98 Å². The molecule has 1 aliphatic rings. The Bertz CT molecular complexity index is 522. The molecule has 1 atom stereocenters. The Balaban J connectivity index is 1.68. The molecule has 2 N–H and O–H groups in total. The van der Waals surface area contributed by atoms with Crippen LogP contribution in [0, 0.1) is 0 Å². The molecule has 0 radical (unpaired) electrons. The van der Waals surface area contributed by atoms with Crippen molar-refractivity contribution in [2.24, 2.45) is 0 Å². The first-order chi connectivity index (χ1) is 9.31. The Morgan fingerprint density at radius 3 is 3.16 bits per heavy atom. The van der Waals surface area contributed by atoms with Crippen molar-refractivity contribution in [3.8, 4) is 11.3 Å². The number of pyridine rings is 1. The van der Waals surface area contributed by atoms with Crippen LogP contribution in [-0.2, 0) is 6.42 Å². The molecule has 19 heavy (non-hydrogen) atoms.